The van der Waals surface area contributed by atoms with Crippen LogP contribution in [0.1, 0.15) is 40.0 Å². The monoisotopic (exact) mass is 293 g/mol. The van der Waals surface area contributed by atoms with Crippen LogP contribution in [0.25, 0.3) is 0 Å². The molecule has 6 heteroatoms. The highest BCUT2D eigenvalue weighted by Gasteiger charge is 2.28. The molecule has 2 unspecified atom stereocenters. The Hall–Kier alpha value is -1.85. The Labute approximate surface area is 125 Å². The Kier molecular flexibility index (Phi) is 4.98. The lowest BCUT2D eigenvalue weighted by Crippen LogP contribution is -2.29. The molecule has 0 saturated heterocycles. The van der Waals surface area contributed by atoms with Gasteiger partial charge in [-0.2, -0.15) is 4.98 Å². The van der Waals surface area contributed by atoms with E-state index in [-0.39, 0.29) is 17.7 Å². The van der Waals surface area contributed by atoms with Gasteiger partial charge in [-0.1, -0.05) is 13.8 Å². The maximum Gasteiger partial charge on any atom is 0.331 e. The first-order valence-corrected chi connectivity index (χ1v) is 7.55. The third-order valence-electron chi connectivity index (χ3n) is 3.81. The normalized spacial score (nSPS) is 25.4. The van der Waals surface area contributed by atoms with Crippen molar-refractivity contribution in [1.29, 1.82) is 0 Å². The minimum Gasteiger partial charge on any atom is -0.469 e. The van der Waals surface area contributed by atoms with Gasteiger partial charge in [-0.3, -0.25) is 10.1 Å². The molecule has 2 rings (SSSR count). The van der Waals surface area contributed by atoms with E-state index in [1.165, 1.54) is 12.5 Å². The van der Waals surface area contributed by atoms with Gasteiger partial charge in [0.25, 0.3) is 5.88 Å². The molecule has 1 aliphatic rings. The van der Waals surface area contributed by atoms with Gasteiger partial charge in [0, 0.05) is 12.6 Å². The molecule has 0 amide bonds. The molecule has 0 spiro atoms. The van der Waals surface area contributed by atoms with Gasteiger partial charge < -0.3 is 10.1 Å². The summed E-state index contributed by atoms with van der Waals surface area (Å²) in [5.41, 5.74) is -0.0671. The van der Waals surface area contributed by atoms with E-state index >= 15 is 0 Å². The highest BCUT2D eigenvalue weighted by atomic mass is 16.6. The third-order valence-corrected chi connectivity index (χ3v) is 3.81. The second-order valence-electron chi connectivity index (χ2n) is 5.97. The van der Waals surface area contributed by atoms with Gasteiger partial charge in [0.2, 0.25) is 0 Å². The number of hydrogen-bond donors (Lipinski definition) is 1. The number of anilines is 1. The fraction of sp³-hybridized carbons (Fsp3) is 0.667. The van der Waals surface area contributed by atoms with Gasteiger partial charge in [0.1, 0.15) is 11.9 Å². The average molecular weight is 293 g/mol. The molecule has 0 radical (unpaired) electrons. The zero-order valence-electron chi connectivity index (χ0n) is 12.8. The summed E-state index contributed by atoms with van der Waals surface area (Å²) in [4.78, 5) is 14.9. The van der Waals surface area contributed by atoms with Crippen LogP contribution in [0, 0.1) is 22.0 Å². The van der Waals surface area contributed by atoms with Crippen molar-refractivity contribution in [2.24, 2.45) is 11.8 Å². The molecule has 116 valence electrons. The highest BCUT2D eigenvalue weighted by molar-refractivity contribution is 5.49. The van der Waals surface area contributed by atoms with Gasteiger partial charge >= 0.3 is 5.69 Å². The van der Waals surface area contributed by atoms with Crippen molar-refractivity contribution in [3.8, 4) is 5.88 Å². The molecule has 0 aliphatic heterocycles. The zero-order valence-corrected chi connectivity index (χ0v) is 12.8. The topological polar surface area (TPSA) is 77.3 Å². The number of nitro groups is 1. The first kappa shape index (κ1) is 15.5. The summed E-state index contributed by atoms with van der Waals surface area (Å²) in [7, 11) is 0. The summed E-state index contributed by atoms with van der Waals surface area (Å²) in [6.45, 7) is 7.06. The van der Waals surface area contributed by atoms with Crippen LogP contribution in [0.15, 0.2) is 12.1 Å². The molecule has 1 saturated carbocycles. The van der Waals surface area contributed by atoms with E-state index in [2.05, 4.69) is 24.1 Å². The molecule has 21 heavy (non-hydrogen) atoms. The lowest BCUT2D eigenvalue weighted by Gasteiger charge is -2.31. The van der Waals surface area contributed by atoms with Crippen molar-refractivity contribution in [3.05, 3.63) is 22.2 Å². The summed E-state index contributed by atoms with van der Waals surface area (Å²) >= 11 is 0. The van der Waals surface area contributed by atoms with Crippen LogP contribution in [-0.2, 0) is 0 Å². The largest absolute Gasteiger partial charge is 0.469 e. The predicted molar refractivity (Wildman–Crippen MR) is 81.7 cm³/mol. The molecular formula is C15H23N3O3. The van der Waals surface area contributed by atoms with Crippen molar-refractivity contribution < 1.29 is 9.66 Å². The first-order valence-electron chi connectivity index (χ1n) is 7.55. The Morgan fingerprint density at radius 2 is 2.00 bits per heavy atom. The van der Waals surface area contributed by atoms with Crippen molar-refractivity contribution in [3.63, 3.8) is 0 Å². The minimum atomic E-state index is -0.437. The Morgan fingerprint density at radius 3 is 2.57 bits per heavy atom. The van der Waals surface area contributed by atoms with Gasteiger partial charge in [0.15, 0.2) is 0 Å². The van der Waals surface area contributed by atoms with E-state index in [1.54, 1.807) is 6.07 Å². The SMILES string of the molecule is CCNc1ccc([N+](=O)[O-])c(OC2CC(C)CC(C)C2)n1. The van der Waals surface area contributed by atoms with Gasteiger partial charge in [0.05, 0.1) is 4.92 Å². The Morgan fingerprint density at radius 1 is 1.33 bits per heavy atom. The van der Waals surface area contributed by atoms with Crippen molar-refractivity contribution in [2.75, 3.05) is 11.9 Å². The van der Waals surface area contributed by atoms with Crippen LogP contribution in [0.3, 0.4) is 0 Å². The van der Waals surface area contributed by atoms with E-state index in [9.17, 15) is 10.1 Å². The quantitative estimate of drug-likeness (QED) is 0.662. The standard InChI is InChI=1S/C15H23N3O3/c1-4-16-14-6-5-13(18(19)20)15(17-14)21-12-8-10(2)7-11(3)9-12/h5-6,10-12H,4,7-9H2,1-3H3,(H,16,17). The van der Waals surface area contributed by atoms with E-state index in [0.717, 1.165) is 12.8 Å². The number of nitrogens with zero attached hydrogens (tertiary/aromatic N) is 2. The zero-order chi connectivity index (χ0) is 15.4. The molecule has 0 aromatic carbocycles. The lowest BCUT2D eigenvalue weighted by molar-refractivity contribution is -0.386. The molecule has 1 aromatic rings. The summed E-state index contributed by atoms with van der Waals surface area (Å²) in [5, 5.41) is 14.2. The highest BCUT2D eigenvalue weighted by Crippen LogP contribution is 2.34. The molecule has 1 fully saturated rings. The predicted octanol–water partition coefficient (Wildman–Crippen LogP) is 3.63. The minimum absolute atomic E-state index is 0.00632. The Balaban J connectivity index is 2.19. The fourth-order valence-electron chi connectivity index (χ4n) is 3.07. The van der Waals surface area contributed by atoms with Crippen molar-refractivity contribution in [2.45, 2.75) is 46.1 Å². The number of nitrogens with one attached hydrogen (secondary N) is 1. The number of ether oxygens (including phenoxy) is 1. The Bertz CT molecular complexity index is 497. The van der Waals surface area contributed by atoms with Crippen molar-refractivity contribution >= 4 is 11.5 Å². The van der Waals surface area contributed by atoms with Gasteiger partial charge in [-0.15, -0.1) is 0 Å². The molecular weight excluding hydrogens is 270 g/mol. The van der Waals surface area contributed by atoms with Crippen LogP contribution in [-0.4, -0.2) is 22.6 Å². The molecule has 1 N–H and O–H groups in total. The third kappa shape index (κ3) is 4.06. The number of hydrogen-bond acceptors (Lipinski definition) is 5. The van der Waals surface area contributed by atoms with Crippen LogP contribution in [0.5, 0.6) is 5.88 Å². The lowest BCUT2D eigenvalue weighted by atomic mass is 9.82. The summed E-state index contributed by atoms with van der Waals surface area (Å²) in [6.07, 6.45) is 3.04. The molecule has 0 bridgehead atoms. The van der Waals surface area contributed by atoms with Gasteiger partial charge in [-0.05, 0) is 44.1 Å². The fourth-order valence-corrected chi connectivity index (χ4v) is 3.07. The molecule has 1 aliphatic carbocycles. The smallest absolute Gasteiger partial charge is 0.331 e. The number of rotatable bonds is 5. The second kappa shape index (κ2) is 6.74. The van der Waals surface area contributed by atoms with Crippen LogP contribution < -0.4 is 10.1 Å². The van der Waals surface area contributed by atoms with Crippen LogP contribution in [0.2, 0.25) is 0 Å². The average Bonchev–Trinajstić information content (AvgIpc) is 2.37. The van der Waals surface area contributed by atoms with E-state index in [4.69, 9.17) is 4.74 Å². The second-order valence-corrected chi connectivity index (χ2v) is 5.97. The molecule has 1 aromatic heterocycles. The van der Waals surface area contributed by atoms with Crippen molar-refractivity contribution in [1.82, 2.24) is 4.98 Å². The van der Waals surface area contributed by atoms with E-state index in [1.807, 2.05) is 6.92 Å². The summed E-state index contributed by atoms with van der Waals surface area (Å²) < 4.78 is 5.88. The summed E-state index contributed by atoms with van der Waals surface area (Å²) in [6, 6.07) is 3.07. The number of pyridine rings is 1. The number of aromatic nitrogens is 1. The van der Waals surface area contributed by atoms with E-state index < -0.39 is 4.92 Å². The van der Waals surface area contributed by atoms with E-state index in [0.29, 0.717) is 24.2 Å². The first-order chi connectivity index (χ1) is 9.99. The maximum atomic E-state index is 11.1. The van der Waals surface area contributed by atoms with Gasteiger partial charge in [-0.25, -0.2) is 0 Å². The molecule has 1 heterocycles. The maximum absolute atomic E-state index is 11.1. The van der Waals surface area contributed by atoms with Crippen LogP contribution in [0.4, 0.5) is 11.5 Å². The van der Waals surface area contributed by atoms with Crippen LogP contribution >= 0.6 is 0 Å². The molecule has 2 atom stereocenters. The summed E-state index contributed by atoms with van der Waals surface area (Å²) in [5.74, 6) is 1.89. The molecule has 6 nitrogen and oxygen atoms in total.